The van der Waals surface area contributed by atoms with Crippen molar-refractivity contribution in [1.82, 2.24) is 0 Å². The number of benzene rings is 1. The highest BCUT2D eigenvalue weighted by atomic mass is 16.5. The fourth-order valence-electron chi connectivity index (χ4n) is 1.37. The lowest BCUT2D eigenvalue weighted by Crippen LogP contribution is -2.08. The second kappa shape index (κ2) is 8.09. The van der Waals surface area contributed by atoms with Gasteiger partial charge in [-0.15, -0.1) is 0 Å². The maximum Gasteiger partial charge on any atom is 0.119 e. The second-order valence-corrected chi connectivity index (χ2v) is 4.45. The molecule has 3 heteroatoms. The van der Waals surface area contributed by atoms with Gasteiger partial charge < -0.3 is 14.6 Å². The largest absolute Gasteiger partial charge is 0.491 e. The van der Waals surface area contributed by atoms with E-state index in [1.807, 2.05) is 24.3 Å². The fourth-order valence-corrected chi connectivity index (χ4v) is 1.37. The Labute approximate surface area is 103 Å². The summed E-state index contributed by atoms with van der Waals surface area (Å²) < 4.78 is 11.0. The minimum atomic E-state index is 0.0437. The van der Waals surface area contributed by atoms with E-state index in [0.29, 0.717) is 19.1 Å². The maximum atomic E-state index is 8.98. The van der Waals surface area contributed by atoms with Crippen molar-refractivity contribution >= 4 is 0 Å². The van der Waals surface area contributed by atoms with Crippen molar-refractivity contribution < 1.29 is 14.6 Å². The Hall–Kier alpha value is -1.06. The van der Waals surface area contributed by atoms with E-state index in [4.69, 9.17) is 14.6 Å². The summed E-state index contributed by atoms with van der Waals surface area (Å²) in [6.45, 7) is 6.35. The van der Waals surface area contributed by atoms with Gasteiger partial charge in [0, 0.05) is 6.61 Å². The Kier molecular flexibility index (Phi) is 6.67. The number of hydrogen-bond acceptors (Lipinski definition) is 3. The molecule has 3 nitrogen and oxygen atoms in total. The molecular weight excluding hydrogens is 216 g/mol. The molecule has 1 aromatic rings. The summed E-state index contributed by atoms with van der Waals surface area (Å²) in [6.07, 6.45) is 1.08. The first-order valence-corrected chi connectivity index (χ1v) is 6.12. The summed E-state index contributed by atoms with van der Waals surface area (Å²) in [6, 6.07) is 7.47. The van der Waals surface area contributed by atoms with E-state index < -0.39 is 0 Å². The van der Waals surface area contributed by atoms with Gasteiger partial charge in [-0.05, 0) is 30.0 Å². The van der Waals surface area contributed by atoms with Crippen molar-refractivity contribution in [2.75, 3.05) is 19.8 Å². The molecule has 0 amide bonds. The van der Waals surface area contributed by atoms with Crippen molar-refractivity contribution in [2.24, 2.45) is 5.92 Å². The van der Waals surface area contributed by atoms with Crippen LogP contribution in [0.2, 0.25) is 0 Å². The second-order valence-electron chi connectivity index (χ2n) is 4.45. The molecule has 0 aliphatic heterocycles. The van der Waals surface area contributed by atoms with Gasteiger partial charge in [-0.3, -0.25) is 0 Å². The summed E-state index contributed by atoms with van der Waals surface area (Å²) in [7, 11) is 0. The van der Waals surface area contributed by atoms with E-state index in [2.05, 4.69) is 13.8 Å². The topological polar surface area (TPSA) is 38.7 Å². The SMILES string of the molecule is CC(C)CCOCCOc1cccc(CO)c1. The Morgan fingerprint density at radius 3 is 2.71 bits per heavy atom. The van der Waals surface area contributed by atoms with E-state index in [9.17, 15) is 0 Å². The number of hydrogen-bond donors (Lipinski definition) is 1. The molecule has 0 saturated carbocycles. The molecule has 0 unspecified atom stereocenters. The molecular formula is C14H22O3. The van der Waals surface area contributed by atoms with Gasteiger partial charge in [-0.25, -0.2) is 0 Å². The van der Waals surface area contributed by atoms with E-state index in [1.54, 1.807) is 0 Å². The van der Waals surface area contributed by atoms with Crippen LogP contribution in [-0.4, -0.2) is 24.9 Å². The van der Waals surface area contributed by atoms with E-state index in [-0.39, 0.29) is 6.61 Å². The van der Waals surface area contributed by atoms with Gasteiger partial charge in [0.05, 0.1) is 13.2 Å². The van der Waals surface area contributed by atoms with E-state index >= 15 is 0 Å². The molecule has 0 bridgehead atoms. The Morgan fingerprint density at radius 2 is 2.00 bits per heavy atom. The number of rotatable bonds is 8. The van der Waals surface area contributed by atoms with E-state index in [1.165, 1.54) is 0 Å². The Balaban J connectivity index is 2.13. The zero-order chi connectivity index (χ0) is 12.5. The maximum absolute atomic E-state index is 8.98. The molecule has 0 heterocycles. The molecule has 0 fully saturated rings. The highest BCUT2D eigenvalue weighted by Gasteiger charge is 1.97. The molecule has 0 aromatic heterocycles. The normalized spacial score (nSPS) is 10.8. The van der Waals surface area contributed by atoms with Crippen molar-refractivity contribution in [2.45, 2.75) is 26.9 Å². The molecule has 0 spiro atoms. The average molecular weight is 238 g/mol. The summed E-state index contributed by atoms with van der Waals surface area (Å²) in [4.78, 5) is 0. The van der Waals surface area contributed by atoms with Gasteiger partial charge in [0.15, 0.2) is 0 Å². The first-order chi connectivity index (χ1) is 8.22. The van der Waals surface area contributed by atoms with Crippen molar-refractivity contribution in [1.29, 1.82) is 0 Å². The molecule has 0 aliphatic rings. The Bertz CT molecular complexity index is 310. The van der Waals surface area contributed by atoms with Crippen LogP contribution in [0.3, 0.4) is 0 Å². The quantitative estimate of drug-likeness (QED) is 0.708. The molecule has 0 saturated heterocycles. The lowest BCUT2D eigenvalue weighted by Gasteiger charge is -2.09. The monoisotopic (exact) mass is 238 g/mol. The van der Waals surface area contributed by atoms with Crippen LogP contribution in [-0.2, 0) is 11.3 Å². The van der Waals surface area contributed by atoms with Crippen LogP contribution in [0.5, 0.6) is 5.75 Å². The summed E-state index contributed by atoms with van der Waals surface area (Å²) >= 11 is 0. The van der Waals surface area contributed by atoms with E-state index in [0.717, 1.165) is 24.3 Å². The van der Waals surface area contributed by atoms with Crippen LogP contribution in [0.25, 0.3) is 0 Å². The third-order valence-electron chi connectivity index (χ3n) is 2.42. The van der Waals surface area contributed by atoms with Crippen molar-refractivity contribution in [3.05, 3.63) is 29.8 Å². The van der Waals surface area contributed by atoms with Gasteiger partial charge in [0.25, 0.3) is 0 Å². The lowest BCUT2D eigenvalue weighted by molar-refractivity contribution is 0.0925. The smallest absolute Gasteiger partial charge is 0.119 e. The molecule has 1 aromatic carbocycles. The minimum absolute atomic E-state index is 0.0437. The standard InChI is InChI=1S/C14H22O3/c1-12(2)6-7-16-8-9-17-14-5-3-4-13(10-14)11-15/h3-5,10,12,15H,6-9,11H2,1-2H3. The zero-order valence-corrected chi connectivity index (χ0v) is 10.7. The average Bonchev–Trinajstić information content (AvgIpc) is 2.33. The molecule has 0 aliphatic carbocycles. The minimum Gasteiger partial charge on any atom is -0.491 e. The first kappa shape index (κ1) is 14.0. The molecule has 1 rings (SSSR count). The first-order valence-electron chi connectivity index (χ1n) is 6.12. The van der Waals surface area contributed by atoms with Crippen molar-refractivity contribution in [3.8, 4) is 5.75 Å². The summed E-state index contributed by atoms with van der Waals surface area (Å²) in [5.41, 5.74) is 0.864. The van der Waals surface area contributed by atoms with Gasteiger partial charge in [0.2, 0.25) is 0 Å². The van der Waals surface area contributed by atoms with Crippen LogP contribution in [0.15, 0.2) is 24.3 Å². The van der Waals surface area contributed by atoms with Crippen LogP contribution in [0.4, 0.5) is 0 Å². The van der Waals surface area contributed by atoms with Gasteiger partial charge in [-0.1, -0.05) is 26.0 Å². The molecule has 17 heavy (non-hydrogen) atoms. The lowest BCUT2D eigenvalue weighted by atomic mass is 10.1. The molecule has 0 radical (unpaired) electrons. The van der Waals surface area contributed by atoms with Crippen molar-refractivity contribution in [3.63, 3.8) is 0 Å². The highest BCUT2D eigenvalue weighted by Crippen LogP contribution is 2.12. The van der Waals surface area contributed by atoms with Gasteiger partial charge >= 0.3 is 0 Å². The van der Waals surface area contributed by atoms with Gasteiger partial charge in [-0.2, -0.15) is 0 Å². The third-order valence-corrected chi connectivity index (χ3v) is 2.42. The summed E-state index contributed by atoms with van der Waals surface area (Å²) in [5.74, 6) is 1.46. The number of aliphatic hydroxyl groups excluding tert-OH is 1. The third kappa shape index (κ3) is 6.29. The zero-order valence-electron chi connectivity index (χ0n) is 10.7. The van der Waals surface area contributed by atoms with Crippen LogP contribution >= 0.6 is 0 Å². The summed E-state index contributed by atoms with van der Waals surface area (Å²) in [5, 5.41) is 8.98. The predicted molar refractivity (Wildman–Crippen MR) is 68.1 cm³/mol. The predicted octanol–water partition coefficient (Wildman–Crippen LogP) is 2.62. The highest BCUT2D eigenvalue weighted by molar-refractivity contribution is 5.27. The molecule has 1 N–H and O–H groups in total. The molecule has 96 valence electrons. The molecule has 0 atom stereocenters. The van der Waals surface area contributed by atoms with Crippen LogP contribution < -0.4 is 4.74 Å². The fraction of sp³-hybridized carbons (Fsp3) is 0.571. The number of aliphatic hydroxyl groups is 1. The van der Waals surface area contributed by atoms with Crippen LogP contribution in [0.1, 0.15) is 25.8 Å². The number of ether oxygens (including phenoxy) is 2. The van der Waals surface area contributed by atoms with Gasteiger partial charge in [0.1, 0.15) is 12.4 Å². The Morgan fingerprint density at radius 1 is 1.18 bits per heavy atom. The van der Waals surface area contributed by atoms with Crippen LogP contribution in [0, 0.1) is 5.92 Å².